The molecule has 0 fully saturated rings. The van der Waals surface area contributed by atoms with Crippen molar-refractivity contribution in [3.8, 4) is 0 Å². The molecule has 4 atom stereocenters. The Bertz CT molecular complexity index is 904. The summed E-state index contributed by atoms with van der Waals surface area (Å²) in [6, 6.07) is 11.2. The highest BCUT2D eigenvalue weighted by Gasteiger charge is 2.47. The van der Waals surface area contributed by atoms with Gasteiger partial charge < -0.3 is 19.0 Å². The summed E-state index contributed by atoms with van der Waals surface area (Å²) < 4.78 is 30.7. The molecule has 1 aromatic heterocycles. The van der Waals surface area contributed by atoms with E-state index in [0.29, 0.717) is 0 Å². The van der Waals surface area contributed by atoms with Crippen LogP contribution >= 0.6 is 0 Å². The van der Waals surface area contributed by atoms with Crippen LogP contribution in [0, 0.1) is 11.8 Å². The minimum atomic E-state index is -1.85. The largest absolute Gasteiger partial charge is 0.481 e. The number of allylic oxidation sites excluding steroid dienone is 1. The summed E-state index contributed by atoms with van der Waals surface area (Å²) >= 11 is 0. The predicted molar refractivity (Wildman–Crippen MR) is 97.5 cm³/mol. The van der Waals surface area contributed by atoms with E-state index in [4.69, 9.17) is 13.9 Å². The average Bonchev–Trinajstić information content (AvgIpc) is 3.22. The second kappa shape index (κ2) is 8.72. The van der Waals surface area contributed by atoms with Crippen molar-refractivity contribution in [2.45, 2.75) is 19.0 Å². The molecule has 3 rings (SSSR count). The minimum absolute atomic E-state index is 0.169. The molecule has 1 N–H and O–H groups in total. The number of esters is 2. The first-order valence-electron chi connectivity index (χ1n) is 8.91. The lowest BCUT2D eigenvalue weighted by Gasteiger charge is -2.35. The number of furan rings is 1. The molecule has 1 unspecified atom stereocenters. The number of alkyl halides is 1. The van der Waals surface area contributed by atoms with Crippen LogP contribution in [0.2, 0.25) is 0 Å². The first-order valence-corrected chi connectivity index (χ1v) is 8.91. The molecule has 0 aliphatic heterocycles. The van der Waals surface area contributed by atoms with Crippen molar-refractivity contribution in [3.05, 3.63) is 71.9 Å². The van der Waals surface area contributed by atoms with Crippen molar-refractivity contribution in [1.29, 1.82) is 0 Å². The van der Waals surface area contributed by atoms with Gasteiger partial charge in [0.15, 0.2) is 6.17 Å². The van der Waals surface area contributed by atoms with Gasteiger partial charge in [-0.1, -0.05) is 18.2 Å². The molecule has 8 heteroatoms. The smallest absolute Gasteiger partial charge is 0.338 e. The summed E-state index contributed by atoms with van der Waals surface area (Å²) in [6.07, 6.45) is 0.532. The number of carbonyl (C=O) groups excluding carboxylic acids is 2. The van der Waals surface area contributed by atoms with Crippen LogP contribution in [-0.4, -0.2) is 35.8 Å². The maximum absolute atomic E-state index is 15.2. The molecule has 0 spiro atoms. The third-order valence-corrected chi connectivity index (χ3v) is 4.69. The van der Waals surface area contributed by atoms with Gasteiger partial charge in [0.25, 0.3) is 0 Å². The molecule has 0 bridgehead atoms. The van der Waals surface area contributed by atoms with Gasteiger partial charge in [0.2, 0.25) is 0 Å². The Morgan fingerprint density at radius 2 is 1.86 bits per heavy atom. The molecule has 2 aromatic rings. The highest BCUT2D eigenvalue weighted by molar-refractivity contribution is 5.89. The second-order valence-corrected chi connectivity index (χ2v) is 6.60. The molecule has 152 valence electrons. The molecule has 1 heterocycles. The fourth-order valence-electron chi connectivity index (χ4n) is 3.39. The van der Waals surface area contributed by atoms with E-state index in [1.165, 1.54) is 18.4 Å². The molecule has 0 saturated heterocycles. The van der Waals surface area contributed by atoms with Gasteiger partial charge in [-0.25, -0.2) is 9.18 Å². The highest BCUT2D eigenvalue weighted by Crippen LogP contribution is 2.43. The summed E-state index contributed by atoms with van der Waals surface area (Å²) in [5.74, 6) is -6.25. The predicted octanol–water partition coefficient (Wildman–Crippen LogP) is 3.34. The summed E-state index contributed by atoms with van der Waals surface area (Å²) in [7, 11) is 0. The molecule has 0 amide bonds. The standard InChI is InChI=1S/C21H19FO7/c1-12(23)29-17-10-14(20(24)25)15(18(19(17)22)16-8-5-9-27-16)11-28-21(26)13-6-3-2-4-7-13/h2-10,14-15,18-19H,11H2,1H3,(H,24,25)/t14?,15-,18-,19+/m1/s1. The third-order valence-electron chi connectivity index (χ3n) is 4.69. The monoisotopic (exact) mass is 402 g/mol. The summed E-state index contributed by atoms with van der Waals surface area (Å²) in [4.78, 5) is 35.4. The Labute approximate surface area is 165 Å². The van der Waals surface area contributed by atoms with Gasteiger partial charge in [0.05, 0.1) is 30.3 Å². The second-order valence-electron chi connectivity index (χ2n) is 6.60. The van der Waals surface area contributed by atoms with Gasteiger partial charge in [0.1, 0.15) is 11.5 Å². The Hall–Kier alpha value is -3.42. The number of hydrogen-bond donors (Lipinski definition) is 1. The number of halogens is 1. The zero-order valence-corrected chi connectivity index (χ0v) is 15.5. The lowest BCUT2D eigenvalue weighted by molar-refractivity contribution is -0.146. The first kappa shape index (κ1) is 20.3. The first-order chi connectivity index (χ1) is 13.9. The molecule has 7 nitrogen and oxygen atoms in total. The number of hydrogen-bond acceptors (Lipinski definition) is 6. The fraction of sp³-hybridized carbons (Fsp3) is 0.286. The Balaban J connectivity index is 1.91. The van der Waals surface area contributed by atoms with Crippen LogP contribution in [0.3, 0.4) is 0 Å². The normalized spacial score (nSPS) is 23.7. The van der Waals surface area contributed by atoms with E-state index in [1.807, 2.05) is 0 Å². The van der Waals surface area contributed by atoms with Crippen molar-refractivity contribution in [2.24, 2.45) is 11.8 Å². The van der Waals surface area contributed by atoms with E-state index in [1.54, 1.807) is 30.3 Å². The lowest BCUT2D eigenvalue weighted by atomic mass is 9.73. The number of ether oxygens (including phenoxy) is 2. The summed E-state index contributed by atoms with van der Waals surface area (Å²) in [5.41, 5.74) is 0.290. The lowest BCUT2D eigenvalue weighted by Crippen LogP contribution is -2.40. The zero-order chi connectivity index (χ0) is 21.0. The SMILES string of the molecule is CC(=O)OC1=CC(C(=O)O)[C@@H](COC(=O)c2ccccc2)[C@H](c2ccco2)[C@H]1F. The Morgan fingerprint density at radius 1 is 1.14 bits per heavy atom. The topological polar surface area (TPSA) is 103 Å². The van der Waals surface area contributed by atoms with Gasteiger partial charge in [0, 0.05) is 12.8 Å². The molecular formula is C21H19FO7. The van der Waals surface area contributed by atoms with E-state index in [2.05, 4.69) is 0 Å². The van der Waals surface area contributed by atoms with Crippen molar-refractivity contribution >= 4 is 17.9 Å². The summed E-state index contributed by atoms with van der Waals surface area (Å²) in [5, 5.41) is 9.67. The number of aliphatic carboxylic acids is 1. The van der Waals surface area contributed by atoms with Crippen molar-refractivity contribution in [3.63, 3.8) is 0 Å². The number of carboxylic acids is 1. The highest BCUT2D eigenvalue weighted by atomic mass is 19.1. The van der Waals surface area contributed by atoms with Gasteiger partial charge in [-0.15, -0.1) is 0 Å². The number of benzene rings is 1. The van der Waals surface area contributed by atoms with Crippen LogP contribution in [-0.2, 0) is 19.1 Å². The maximum atomic E-state index is 15.2. The summed E-state index contributed by atoms with van der Waals surface area (Å²) in [6.45, 7) is 0.735. The van der Waals surface area contributed by atoms with Gasteiger partial charge in [-0.3, -0.25) is 9.59 Å². The molecular weight excluding hydrogens is 383 g/mol. The zero-order valence-electron chi connectivity index (χ0n) is 15.5. The Morgan fingerprint density at radius 3 is 2.45 bits per heavy atom. The molecule has 1 aliphatic rings. The Kier molecular flexibility index (Phi) is 6.11. The number of rotatable bonds is 6. The van der Waals surface area contributed by atoms with E-state index >= 15 is 4.39 Å². The van der Waals surface area contributed by atoms with E-state index in [-0.39, 0.29) is 17.9 Å². The minimum Gasteiger partial charge on any atom is -0.481 e. The molecule has 1 aliphatic carbocycles. The maximum Gasteiger partial charge on any atom is 0.338 e. The van der Waals surface area contributed by atoms with Crippen molar-refractivity contribution in [2.75, 3.05) is 6.61 Å². The van der Waals surface area contributed by atoms with E-state index in [0.717, 1.165) is 13.0 Å². The van der Waals surface area contributed by atoms with Crippen LogP contribution in [0.5, 0.6) is 0 Å². The fourth-order valence-corrected chi connectivity index (χ4v) is 3.39. The van der Waals surface area contributed by atoms with Crippen LogP contribution in [0.25, 0.3) is 0 Å². The molecule has 0 radical (unpaired) electrons. The van der Waals surface area contributed by atoms with Crippen molar-refractivity contribution < 1.29 is 37.8 Å². The van der Waals surface area contributed by atoms with Crippen LogP contribution in [0.15, 0.2) is 65.0 Å². The molecule has 29 heavy (non-hydrogen) atoms. The van der Waals surface area contributed by atoms with Crippen LogP contribution in [0.1, 0.15) is 29.0 Å². The van der Waals surface area contributed by atoms with Gasteiger partial charge in [-0.05, 0) is 30.3 Å². The van der Waals surface area contributed by atoms with Crippen LogP contribution in [0.4, 0.5) is 4.39 Å². The van der Waals surface area contributed by atoms with Gasteiger partial charge in [-0.2, -0.15) is 0 Å². The van der Waals surface area contributed by atoms with Crippen LogP contribution < -0.4 is 0 Å². The van der Waals surface area contributed by atoms with Gasteiger partial charge >= 0.3 is 17.9 Å². The van der Waals surface area contributed by atoms with E-state index < -0.39 is 47.6 Å². The van der Waals surface area contributed by atoms with E-state index in [9.17, 15) is 19.5 Å². The molecule has 0 saturated carbocycles. The third kappa shape index (κ3) is 4.53. The molecule has 1 aromatic carbocycles. The quantitative estimate of drug-likeness (QED) is 0.739. The van der Waals surface area contributed by atoms with Crippen molar-refractivity contribution in [1.82, 2.24) is 0 Å². The number of carboxylic acid groups (broad SMARTS) is 1. The number of carbonyl (C=O) groups is 3. The average molecular weight is 402 g/mol.